The smallest absolute Gasteiger partial charge is 0.322 e. The Kier molecular flexibility index (Phi) is 7.12. The lowest BCUT2D eigenvalue weighted by molar-refractivity contribution is -0.143. The number of urea groups is 1. The van der Waals surface area contributed by atoms with Gasteiger partial charge < -0.3 is 10.2 Å². The molecular weight excluding hydrogens is 495 g/mol. The van der Waals surface area contributed by atoms with Gasteiger partial charge in [0.1, 0.15) is 0 Å². The number of nitrogens with one attached hydrogen (secondary N) is 1. The number of likely N-dealkylation sites (N-methyl/N-ethyl adjacent to an activating group) is 1. The number of hydrogen-bond donors (Lipinski definition) is 1. The highest BCUT2D eigenvalue weighted by Crippen LogP contribution is 2.39. The second kappa shape index (κ2) is 9.23. The molecule has 33 heavy (non-hydrogen) atoms. The summed E-state index contributed by atoms with van der Waals surface area (Å²) in [7, 11) is 2.57. The average Bonchev–Trinajstić information content (AvgIpc) is 3.22. The fourth-order valence-corrected chi connectivity index (χ4v) is 4.08. The van der Waals surface area contributed by atoms with Gasteiger partial charge in [-0.05, 0) is 35.9 Å². The van der Waals surface area contributed by atoms with Crippen molar-refractivity contribution in [3.05, 3.63) is 63.1 Å². The monoisotopic (exact) mass is 513 g/mol. The molecule has 2 amide bonds. The van der Waals surface area contributed by atoms with Crippen LogP contribution in [0.2, 0.25) is 10.0 Å². The Bertz CT molecular complexity index is 1010. The summed E-state index contributed by atoms with van der Waals surface area (Å²) in [5.41, 5.74) is -2.72. The molecule has 0 aromatic heterocycles. The van der Waals surface area contributed by atoms with Crippen molar-refractivity contribution in [2.45, 2.75) is 24.3 Å². The number of hydrogen-bond acceptors (Lipinski definition) is 2. The molecule has 1 N–H and O–H groups in total. The summed E-state index contributed by atoms with van der Waals surface area (Å²) in [6.45, 7) is 0.864. The lowest BCUT2D eigenvalue weighted by Crippen LogP contribution is -2.47. The van der Waals surface area contributed by atoms with E-state index in [0.717, 1.165) is 17.5 Å². The summed E-state index contributed by atoms with van der Waals surface area (Å²) in [6.07, 6.45) is -10.0. The summed E-state index contributed by atoms with van der Waals surface area (Å²) < 4.78 is 79.2. The summed E-state index contributed by atoms with van der Waals surface area (Å²) >= 11 is 12.0. The average molecular weight is 514 g/mol. The molecule has 1 fully saturated rings. The standard InChI is InChI=1S/C21H19Cl2F6N3O/c1-31(14-7-12(20(24,25)26)6-13(8-14)21(27,28)29)19(33)32(2)18-10-30-9-15(18)11-3-4-16(22)17(23)5-11/h3-8,15,18,30H,9-10H2,1-2H3. The third kappa shape index (κ3) is 5.50. The highest BCUT2D eigenvalue weighted by atomic mass is 35.5. The fraction of sp³-hybridized carbons (Fsp3) is 0.381. The number of benzene rings is 2. The van der Waals surface area contributed by atoms with Crippen molar-refractivity contribution >= 4 is 34.9 Å². The van der Waals surface area contributed by atoms with Gasteiger partial charge >= 0.3 is 18.4 Å². The van der Waals surface area contributed by atoms with E-state index in [0.29, 0.717) is 35.3 Å². The predicted octanol–water partition coefficient (Wildman–Crippen LogP) is 6.27. The summed E-state index contributed by atoms with van der Waals surface area (Å²) in [5, 5.41) is 3.83. The van der Waals surface area contributed by atoms with Crippen molar-refractivity contribution in [2.24, 2.45) is 0 Å². The molecule has 0 aliphatic carbocycles. The van der Waals surface area contributed by atoms with Gasteiger partial charge in [-0.2, -0.15) is 26.3 Å². The molecule has 0 saturated carbocycles. The maximum absolute atomic E-state index is 13.2. The van der Waals surface area contributed by atoms with Gasteiger partial charge in [0.05, 0.1) is 27.2 Å². The first-order valence-electron chi connectivity index (χ1n) is 9.66. The molecule has 1 saturated heterocycles. The molecule has 1 heterocycles. The number of rotatable bonds is 3. The van der Waals surface area contributed by atoms with Crippen LogP contribution in [0.5, 0.6) is 0 Å². The van der Waals surface area contributed by atoms with Crippen LogP contribution in [-0.4, -0.2) is 44.2 Å². The Hall–Kier alpha value is -2.17. The van der Waals surface area contributed by atoms with Crippen LogP contribution >= 0.6 is 23.2 Å². The number of carbonyl (C=O) groups is 1. The van der Waals surface area contributed by atoms with Crippen LogP contribution in [0.15, 0.2) is 36.4 Å². The molecule has 2 unspecified atom stereocenters. The SMILES string of the molecule is CN(C(=O)N(C)C1CNCC1c1ccc(Cl)c(Cl)c1)c1cc(C(F)(F)F)cc(C(F)(F)F)c1. The number of nitrogens with zero attached hydrogens (tertiary/aromatic N) is 2. The molecule has 1 aliphatic heterocycles. The Morgan fingerprint density at radius 3 is 2.00 bits per heavy atom. The van der Waals surface area contributed by atoms with Gasteiger partial charge in [-0.25, -0.2) is 4.79 Å². The van der Waals surface area contributed by atoms with Crippen LogP contribution in [-0.2, 0) is 12.4 Å². The molecule has 4 nitrogen and oxygen atoms in total. The highest BCUT2D eigenvalue weighted by Gasteiger charge is 2.39. The van der Waals surface area contributed by atoms with E-state index in [1.165, 1.54) is 11.9 Å². The highest BCUT2D eigenvalue weighted by molar-refractivity contribution is 6.42. The predicted molar refractivity (Wildman–Crippen MR) is 114 cm³/mol. The Labute approximate surface area is 196 Å². The number of anilines is 1. The number of amides is 2. The molecular formula is C21H19Cl2F6N3O. The molecule has 0 bridgehead atoms. The second-order valence-electron chi connectivity index (χ2n) is 7.72. The van der Waals surface area contributed by atoms with E-state index in [1.54, 1.807) is 18.2 Å². The van der Waals surface area contributed by atoms with Crippen molar-refractivity contribution in [2.75, 3.05) is 32.1 Å². The van der Waals surface area contributed by atoms with Gasteiger partial charge in [0.25, 0.3) is 0 Å². The third-order valence-electron chi connectivity index (χ3n) is 5.60. The molecule has 2 aromatic rings. The maximum atomic E-state index is 13.2. The zero-order valence-corrected chi connectivity index (χ0v) is 18.9. The number of alkyl halides is 6. The van der Waals surface area contributed by atoms with Gasteiger partial charge in [0.2, 0.25) is 0 Å². The lowest BCUT2D eigenvalue weighted by Gasteiger charge is -2.33. The first-order valence-corrected chi connectivity index (χ1v) is 10.4. The number of halogens is 8. The first kappa shape index (κ1) is 25.5. The van der Waals surface area contributed by atoms with Gasteiger partial charge in [-0.15, -0.1) is 0 Å². The summed E-state index contributed by atoms with van der Waals surface area (Å²) in [5.74, 6) is -0.214. The minimum atomic E-state index is -5.01. The normalized spacial score (nSPS) is 19.0. The van der Waals surface area contributed by atoms with Crippen LogP contribution in [0.3, 0.4) is 0 Å². The van der Waals surface area contributed by atoms with Gasteiger partial charge in [0.15, 0.2) is 0 Å². The summed E-state index contributed by atoms with van der Waals surface area (Å²) in [4.78, 5) is 15.1. The molecule has 0 spiro atoms. The minimum Gasteiger partial charge on any atom is -0.322 e. The van der Waals surface area contributed by atoms with E-state index in [4.69, 9.17) is 23.2 Å². The van der Waals surface area contributed by atoms with E-state index in [1.807, 2.05) is 0 Å². The van der Waals surface area contributed by atoms with E-state index < -0.39 is 41.2 Å². The Morgan fingerprint density at radius 2 is 1.48 bits per heavy atom. The van der Waals surface area contributed by atoms with Gasteiger partial charge in [-0.1, -0.05) is 29.3 Å². The molecule has 3 rings (SSSR count). The Morgan fingerprint density at radius 1 is 0.909 bits per heavy atom. The molecule has 12 heteroatoms. The fourth-order valence-electron chi connectivity index (χ4n) is 3.78. The van der Waals surface area contributed by atoms with Crippen molar-refractivity contribution in [3.63, 3.8) is 0 Å². The zero-order valence-electron chi connectivity index (χ0n) is 17.4. The van der Waals surface area contributed by atoms with Crippen LogP contribution in [0.4, 0.5) is 36.8 Å². The topological polar surface area (TPSA) is 35.6 Å². The maximum Gasteiger partial charge on any atom is 0.416 e. The third-order valence-corrected chi connectivity index (χ3v) is 6.34. The molecule has 2 aromatic carbocycles. The summed E-state index contributed by atoms with van der Waals surface area (Å²) in [6, 6.07) is 4.90. The van der Waals surface area contributed by atoms with Gasteiger partial charge in [-0.3, -0.25) is 4.90 Å². The van der Waals surface area contributed by atoms with Crippen molar-refractivity contribution in [1.82, 2.24) is 10.2 Å². The molecule has 2 atom stereocenters. The molecule has 1 aliphatic rings. The van der Waals surface area contributed by atoms with E-state index in [2.05, 4.69) is 5.32 Å². The minimum absolute atomic E-state index is 0.0206. The Balaban J connectivity index is 1.90. The molecule has 180 valence electrons. The van der Waals surface area contributed by atoms with E-state index >= 15 is 0 Å². The van der Waals surface area contributed by atoms with Crippen molar-refractivity contribution in [3.8, 4) is 0 Å². The quantitative estimate of drug-likeness (QED) is 0.490. The van der Waals surface area contributed by atoms with Crippen LogP contribution in [0.25, 0.3) is 0 Å². The first-order chi connectivity index (χ1) is 15.2. The van der Waals surface area contributed by atoms with Crippen LogP contribution in [0.1, 0.15) is 22.6 Å². The van der Waals surface area contributed by atoms with E-state index in [9.17, 15) is 31.1 Å². The number of carbonyl (C=O) groups excluding carboxylic acids is 1. The van der Waals surface area contributed by atoms with Crippen LogP contribution in [0, 0.1) is 0 Å². The lowest BCUT2D eigenvalue weighted by atomic mass is 9.93. The zero-order chi connectivity index (χ0) is 24.7. The van der Waals surface area contributed by atoms with Gasteiger partial charge in [0, 0.05) is 38.8 Å². The van der Waals surface area contributed by atoms with Crippen molar-refractivity contribution < 1.29 is 31.1 Å². The van der Waals surface area contributed by atoms with E-state index in [-0.39, 0.29) is 12.0 Å². The largest absolute Gasteiger partial charge is 0.416 e. The van der Waals surface area contributed by atoms with Crippen molar-refractivity contribution in [1.29, 1.82) is 0 Å². The van der Waals surface area contributed by atoms with Crippen LogP contribution < -0.4 is 10.2 Å². The molecule has 0 radical (unpaired) electrons. The second-order valence-corrected chi connectivity index (χ2v) is 8.54.